The lowest BCUT2D eigenvalue weighted by Crippen LogP contribution is -2.34. The molecule has 3 aromatic rings. The molecule has 0 radical (unpaired) electrons. The van der Waals surface area contributed by atoms with E-state index in [0.29, 0.717) is 30.4 Å². The molecule has 1 fully saturated rings. The van der Waals surface area contributed by atoms with Crippen molar-refractivity contribution in [2.45, 2.75) is 58.0 Å². The molecule has 35 heavy (non-hydrogen) atoms. The zero-order chi connectivity index (χ0) is 24.8. The summed E-state index contributed by atoms with van der Waals surface area (Å²) in [6, 6.07) is 8.10. The van der Waals surface area contributed by atoms with Gasteiger partial charge in [-0.25, -0.2) is 10.1 Å². The van der Waals surface area contributed by atoms with Gasteiger partial charge < -0.3 is 10.5 Å². The molecule has 12 nitrogen and oxygen atoms in total. The van der Waals surface area contributed by atoms with Gasteiger partial charge in [0, 0.05) is 24.7 Å². The topological polar surface area (TPSA) is 150 Å². The second-order valence-corrected chi connectivity index (χ2v) is 8.75. The largest absolute Gasteiger partial charge is 0.496 e. The fraction of sp³-hybridized carbons (Fsp3) is 0.478. The van der Waals surface area contributed by atoms with Gasteiger partial charge in [0.05, 0.1) is 12.8 Å². The van der Waals surface area contributed by atoms with Gasteiger partial charge in [0.25, 0.3) is 5.91 Å². The number of ether oxygens (including phenoxy) is 1. The Morgan fingerprint density at radius 2 is 2.06 bits per heavy atom. The van der Waals surface area contributed by atoms with E-state index >= 15 is 0 Å². The molecule has 0 aliphatic heterocycles. The third-order valence-corrected chi connectivity index (χ3v) is 6.26. The van der Waals surface area contributed by atoms with Crippen LogP contribution < -0.4 is 15.9 Å². The average molecular weight is 482 g/mol. The minimum absolute atomic E-state index is 0.0640. The Morgan fingerprint density at radius 3 is 2.77 bits per heavy atom. The van der Waals surface area contributed by atoms with Crippen LogP contribution in [0.5, 0.6) is 5.75 Å². The van der Waals surface area contributed by atoms with Gasteiger partial charge in [-0.05, 0) is 48.8 Å². The average Bonchev–Trinajstić information content (AvgIpc) is 3.49. The molecule has 1 aliphatic rings. The van der Waals surface area contributed by atoms with Gasteiger partial charge in [-0.3, -0.25) is 9.69 Å². The molecule has 12 heteroatoms. The molecule has 0 saturated heterocycles. The Kier molecular flexibility index (Phi) is 7.70. The Morgan fingerprint density at radius 1 is 1.29 bits per heavy atom. The predicted molar refractivity (Wildman–Crippen MR) is 129 cm³/mol. The molecule has 0 unspecified atom stereocenters. The van der Waals surface area contributed by atoms with Crippen LogP contribution in [0.4, 0.5) is 5.82 Å². The first-order valence-electron chi connectivity index (χ1n) is 11.7. The lowest BCUT2D eigenvalue weighted by Gasteiger charge is -2.31. The first-order valence-corrected chi connectivity index (χ1v) is 11.7. The normalized spacial score (nSPS) is 14.9. The van der Waals surface area contributed by atoms with E-state index in [9.17, 15) is 4.79 Å². The Labute approximate surface area is 203 Å². The van der Waals surface area contributed by atoms with Crippen molar-refractivity contribution < 1.29 is 14.2 Å². The molecule has 2 aromatic heterocycles. The number of hydrogen-bond donors (Lipinski definition) is 2. The first kappa shape index (κ1) is 24.3. The van der Waals surface area contributed by atoms with Crippen LogP contribution in [-0.2, 0) is 13.0 Å². The van der Waals surface area contributed by atoms with E-state index in [-0.39, 0.29) is 17.3 Å². The van der Waals surface area contributed by atoms with Crippen molar-refractivity contribution >= 4 is 17.4 Å². The third-order valence-electron chi connectivity index (χ3n) is 6.26. The summed E-state index contributed by atoms with van der Waals surface area (Å²) in [6.07, 6.45) is 6.39. The summed E-state index contributed by atoms with van der Waals surface area (Å²) in [7, 11) is 3.66. The molecule has 0 bridgehead atoms. The molecular weight excluding hydrogens is 450 g/mol. The minimum Gasteiger partial charge on any atom is -0.496 e. The molecule has 4 rings (SSSR count). The van der Waals surface area contributed by atoms with Crippen molar-refractivity contribution in [1.29, 1.82) is 0 Å². The molecule has 1 aliphatic carbocycles. The fourth-order valence-corrected chi connectivity index (χ4v) is 4.38. The van der Waals surface area contributed by atoms with Crippen molar-refractivity contribution in [1.82, 2.24) is 35.6 Å². The quantitative estimate of drug-likeness (QED) is 0.347. The van der Waals surface area contributed by atoms with Crippen LogP contribution >= 0.6 is 0 Å². The number of carbonyl (C=O) groups excluding carboxylic acids is 1. The van der Waals surface area contributed by atoms with Gasteiger partial charge in [-0.1, -0.05) is 42.7 Å². The number of rotatable bonds is 9. The molecule has 0 atom stereocenters. The maximum Gasteiger partial charge on any atom is 0.293 e. The maximum absolute atomic E-state index is 13.1. The van der Waals surface area contributed by atoms with Crippen LogP contribution in [0, 0.1) is 0 Å². The number of benzene rings is 1. The summed E-state index contributed by atoms with van der Waals surface area (Å²) in [6.45, 7) is 2.26. The van der Waals surface area contributed by atoms with Crippen LogP contribution in [0.3, 0.4) is 0 Å². The number of amides is 1. The molecular formula is C23H31N9O3. The summed E-state index contributed by atoms with van der Waals surface area (Å²) in [5.41, 5.74) is 10.9. The molecule has 186 valence electrons. The first-order chi connectivity index (χ1) is 17.0. The SMILES string of the molecule is COc1ccccc1CC(C)=NNC(=O)c1nnn(-c2nonc2N)c1CN(C)C1CCCCC1. The smallest absolute Gasteiger partial charge is 0.293 e. The number of hydrogen-bond acceptors (Lipinski definition) is 10. The number of nitrogen functional groups attached to an aromatic ring is 1. The van der Waals surface area contributed by atoms with Gasteiger partial charge in [-0.2, -0.15) is 9.78 Å². The van der Waals surface area contributed by atoms with Crippen molar-refractivity contribution in [2.75, 3.05) is 19.9 Å². The molecule has 3 N–H and O–H groups in total. The Hall–Kier alpha value is -3.80. The van der Waals surface area contributed by atoms with Crippen molar-refractivity contribution in [3.05, 3.63) is 41.2 Å². The van der Waals surface area contributed by atoms with E-state index in [2.05, 4.69) is 36.1 Å². The van der Waals surface area contributed by atoms with Crippen molar-refractivity contribution in [3.8, 4) is 11.6 Å². The zero-order valence-corrected chi connectivity index (χ0v) is 20.3. The number of hydrazone groups is 1. The number of nitrogens with one attached hydrogen (secondary N) is 1. The number of aromatic nitrogens is 5. The van der Waals surface area contributed by atoms with Crippen LogP contribution in [0.2, 0.25) is 0 Å². The lowest BCUT2D eigenvalue weighted by atomic mass is 9.94. The van der Waals surface area contributed by atoms with E-state index in [1.165, 1.54) is 23.9 Å². The monoisotopic (exact) mass is 481 g/mol. The van der Waals surface area contributed by atoms with Gasteiger partial charge in [0.15, 0.2) is 5.69 Å². The minimum atomic E-state index is -0.474. The molecule has 0 spiro atoms. The van der Waals surface area contributed by atoms with E-state index in [0.717, 1.165) is 24.2 Å². The molecule has 1 saturated carbocycles. The number of methoxy groups -OCH3 is 1. The maximum atomic E-state index is 13.1. The summed E-state index contributed by atoms with van der Waals surface area (Å²) in [5, 5.41) is 20.0. The number of nitrogens with two attached hydrogens (primary N) is 1. The summed E-state index contributed by atoms with van der Waals surface area (Å²) in [4.78, 5) is 15.3. The van der Waals surface area contributed by atoms with E-state index < -0.39 is 5.91 Å². The van der Waals surface area contributed by atoms with Crippen molar-refractivity contribution in [2.24, 2.45) is 5.10 Å². The second kappa shape index (κ2) is 11.1. The third kappa shape index (κ3) is 5.65. The summed E-state index contributed by atoms with van der Waals surface area (Å²) in [5.74, 6) is 0.550. The van der Waals surface area contributed by atoms with Gasteiger partial charge >= 0.3 is 0 Å². The second-order valence-electron chi connectivity index (χ2n) is 8.75. The number of anilines is 1. The van der Waals surface area contributed by atoms with Crippen molar-refractivity contribution in [3.63, 3.8) is 0 Å². The highest BCUT2D eigenvalue weighted by atomic mass is 16.6. The molecule has 2 heterocycles. The Bertz CT molecular complexity index is 1180. The van der Waals surface area contributed by atoms with Crippen LogP contribution in [-0.4, -0.2) is 62.0 Å². The predicted octanol–water partition coefficient (Wildman–Crippen LogP) is 2.35. The summed E-state index contributed by atoms with van der Waals surface area (Å²) < 4.78 is 11.5. The van der Waals surface area contributed by atoms with Crippen LogP contribution in [0.1, 0.15) is 60.8 Å². The van der Waals surface area contributed by atoms with E-state index in [1.54, 1.807) is 7.11 Å². The zero-order valence-electron chi connectivity index (χ0n) is 20.3. The fourth-order valence-electron chi connectivity index (χ4n) is 4.38. The Balaban J connectivity index is 1.54. The standard InChI is InChI=1S/C23H31N9O3/c1-15(13-16-9-7-8-12-19(16)34-3)25-27-23(33)20-18(14-31(2)17-10-5-4-6-11-17)32(30-26-20)22-21(24)28-35-29-22/h7-9,12,17H,4-6,10-11,13-14H2,1-3H3,(H2,24,28)(H,27,33). The number of para-hydroxylation sites is 1. The summed E-state index contributed by atoms with van der Waals surface area (Å²) >= 11 is 0. The lowest BCUT2D eigenvalue weighted by molar-refractivity contribution is 0.0946. The number of nitrogens with zero attached hydrogens (tertiary/aromatic N) is 7. The van der Waals surface area contributed by atoms with E-state index in [1.807, 2.05) is 38.2 Å². The molecule has 1 amide bonds. The highest BCUT2D eigenvalue weighted by Gasteiger charge is 2.27. The van der Waals surface area contributed by atoms with Gasteiger partial charge in [-0.15, -0.1) is 5.10 Å². The van der Waals surface area contributed by atoms with Crippen LogP contribution in [0.25, 0.3) is 5.82 Å². The molecule has 1 aromatic carbocycles. The van der Waals surface area contributed by atoms with Gasteiger partial charge in [0.2, 0.25) is 11.6 Å². The highest BCUT2D eigenvalue weighted by Crippen LogP contribution is 2.24. The number of carbonyl (C=O) groups is 1. The highest BCUT2D eigenvalue weighted by molar-refractivity contribution is 5.94. The van der Waals surface area contributed by atoms with E-state index in [4.69, 9.17) is 15.1 Å². The van der Waals surface area contributed by atoms with Gasteiger partial charge in [0.1, 0.15) is 5.75 Å². The van der Waals surface area contributed by atoms with Crippen LogP contribution in [0.15, 0.2) is 34.0 Å².